The van der Waals surface area contributed by atoms with Gasteiger partial charge in [0, 0.05) is 6.42 Å². The first-order chi connectivity index (χ1) is 3.31. The van der Waals surface area contributed by atoms with Crippen molar-refractivity contribution in [2.75, 3.05) is 0 Å². The van der Waals surface area contributed by atoms with Gasteiger partial charge in [-0.3, -0.25) is 0 Å². The zero-order chi connectivity index (χ0) is 5.70. The van der Waals surface area contributed by atoms with Gasteiger partial charge in [0.25, 0.3) is 0 Å². The summed E-state index contributed by atoms with van der Waals surface area (Å²) in [5, 5.41) is 8.80. The fourth-order valence-electron chi connectivity index (χ4n) is 0.439. The molecule has 0 aromatic rings. The fraction of sp³-hybridized carbons (Fsp3) is 0.833. The molecule has 1 nitrogen and oxygen atoms in total. The van der Waals surface area contributed by atoms with Crippen LogP contribution in [0.15, 0.2) is 0 Å². The molecule has 0 spiro atoms. The molecular formula is C6H13O+. The van der Waals surface area contributed by atoms with Crippen molar-refractivity contribution in [3.05, 3.63) is 6.42 Å². The zero-order valence-electron chi connectivity index (χ0n) is 5.02. The highest BCUT2D eigenvalue weighted by Crippen LogP contribution is 1.96. The average Bonchev–Trinajstić information content (AvgIpc) is 1.68. The highest BCUT2D eigenvalue weighted by Gasteiger charge is 2.05. The summed E-state index contributed by atoms with van der Waals surface area (Å²) >= 11 is 0. The number of aliphatic hydroxyl groups excluding tert-OH is 1. The van der Waals surface area contributed by atoms with Crippen LogP contribution in [0.1, 0.15) is 26.7 Å². The molecule has 1 unspecified atom stereocenters. The fourth-order valence-corrected chi connectivity index (χ4v) is 0.439. The minimum atomic E-state index is -0.176. The first-order valence-electron chi connectivity index (χ1n) is 2.82. The molecule has 0 aromatic carbocycles. The second kappa shape index (κ2) is 4.00. The van der Waals surface area contributed by atoms with E-state index in [9.17, 15) is 0 Å². The van der Waals surface area contributed by atoms with E-state index in [1.165, 1.54) is 0 Å². The van der Waals surface area contributed by atoms with Crippen LogP contribution in [-0.2, 0) is 0 Å². The van der Waals surface area contributed by atoms with Gasteiger partial charge >= 0.3 is 0 Å². The molecule has 0 aliphatic rings. The molecule has 1 atom stereocenters. The Bertz CT molecular complexity index is 35.2. The van der Waals surface area contributed by atoms with E-state index in [-0.39, 0.29) is 6.10 Å². The Morgan fingerprint density at radius 1 is 1.57 bits per heavy atom. The van der Waals surface area contributed by atoms with Crippen molar-refractivity contribution in [1.82, 2.24) is 0 Å². The minimum absolute atomic E-state index is 0.176. The van der Waals surface area contributed by atoms with Crippen molar-refractivity contribution in [1.29, 1.82) is 0 Å². The van der Waals surface area contributed by atoms with E-state index >= 15 is 0 Å². The van der Waals surface area contributed by atoms with Crippen LogP contribution in [0.2, 0.25) is 0 Å². The predicted octanol–water partition coefficient (Wildman–Crippen LogP) is 1.37. The van der Waals surface area contributed by atoms with Gasteiger partial charge in [-0.15, -0.1) is 0 Å². The van der Waals surface area contributed by atoms with Gasteiger partial charge in [-0.1, -0.05) is 6.92 Å². The van der Waals surface area contributed by atoms with Gasteiger partial charge in [0.05, 0.1) is 6.42 Å². The quantitative estimate of drug-likeness (QED) is 0.532. The average molecular weight is 101 g/mol. The van der Waals surface area contributed by atoms with Crippen molar-refractivity contribution < 1.29 is 5.11 Å². The van der Waals surface area contributed by atoms with Crippen LogP contribution >= 0.6 is 0 Å². The highest BCUT2D eigenvalue weighted by molar-refractivity contribution is 4.70. The lowest BCUT2D eigenvalue weighted by molar-refractivity contribution is 0.199. The third-order valence-corrected chi connectivity index (χ3v) is 0.926. The molecule has 0 bridgehead atoms. The van der Waals surface area contributed by atoms with Crippen LogP contribution in [0.25, 0.3) is 0 Å². The summed E-state index contributed by atoms with van der Waals surface area (Å²) in [5.74, 6) is 0. The molecule has 0 amide bonds. The molecule has 1 heteroatoms. The summed E-state index contributed by atoms with van der Waals surface area (Å²) in [5.41, 5.74) is 0. The van der Waals surface area contributed by atoms with Gasteiger partial charge < -0.3 is 5.11 Å². The standard InChI is InChI=1S/C6H13O/c1-3-5-6(7)4-2/h5-7H,3-4H2,1-2H3/q+1. The summed E-state index contributed by atoms with van der Waals surface area (Å²) in [4.78, 5) is 0. The van der Waals surface area contributed by atoms with Crippen molar-refractivity contribution in [2.24, 2.45) is 0 Å². The third-order valence-electron chi connectivity index (χ3n) is 0.926. The number of hydrogen-bond donors (Lipinski definition) is 1. The van der Waals surface area contributed by atoms with Crippen molar-refractivity contribution in [3.8, 4) is 0 Å². The smallest absolute Gasteiger partial charge is 0.194 e. The summed E-state index contributed by atoms with van der Waals surface area (Å²) in [6.45, 7) is 4.00. The van der Waals surface area contributed by atoms with E-state index < -0.39 is 0 Å². The predicted molar refractivity (Wildman–Crippen MR) is 30.9 cm³/mol. The maximum Gasteiger partial charge on any atom is 0.194 e. The van der Waals surface area contributed by atoms with Crippen molar-refractivity contribution >= 4 is 0 Å². The summed E-state index contributed by atoms with van der Waals surface area (Å²) in [6, 6.07) is 0. The molecule has 0 aromatic heterocycles. The Morgan fingerprint density at radius 2 is 2.14 bits per heavy atom. The molecule has 0 aliphatic carbocycles. The molecule has 42 valence electrons. The molecule has 0 rings (SSSR count). The van der Waals surface area contributed by atoms with Crippen LogP contribution in [0.5, 0.6) is 0 Å². The molecule has 1 N–H and O–H groups in total. The van der Waals surface area contributed by atoms with Crippen LogP contribution < -0.4 is 0 Å². The van der Waals surface area contributed by atoms with E-state index in [4.69, 9.17) is 5.11 Å². The number of aliphatic hydroxyl groups is 1. The van der Waals surface area contributed by atoms with Crippen molar-refractivity contribution in [2.45, 2.75) is 32.8 Å². The maximum atomic E-state index is 8.80. The van der Waals surface area contributed by atoms with Crippen LogP contribution in [0.3, 0.4) is 0 Å². The molecule has 0 aliphatic heterocycles. The molecule has 0 heterocycles. The first-order valence-corrected chi connectivity index (χ1v) is 2.82. The van der Waals surface area contributed by atoms with Gasteiger partial charge in [0.1, 0.15) is 6.42 Å². The SMILES string of the molecule is CC[CH+]C(O)CC. The van der Waals surface area contributed by atoms with E-state index in [0.717, 1.165) is 12.8 Å². The largest absolute Gasteiger partial charge is 0.353 e. The van der Waals surface area contributed by atoms with Gasteiger partial charge in [-0.2, -0.15) is 0 Å². The van der Waals surface area contributed by atoms with Gasteiger partial charge in [-0.25, -0.2) is 0 Å². The van der Waals surface area contributed by atoms with Crippen LogP contribution in [-0.4, -0.2) is 11.2 Å². The van der Waals surface area contributed by atoms with Crippen LogP contribution in [0.4, 0.5) is 0 Å². The molecule has 7 heavy (non-hydrogen) atoms. The Labute approximate surface area is 45.4 Å². The molecule has 0 fully saturated rings. The van der Waals surface area contributed by atoms with E-state index in [0.29, 0.717) is 0 Å². The second-order valence-electron chi connectivity index (χ2n) is 1.62. The van der Waals surface area contributed by atoms with Gasteiger partial charge in [-0.05, 0) is 6.92 Å². The summed E-state index contributed by atoms with van der Waals surface area (Å²) in [7, 11) is 0. The summed E-state index contributed by atoms with van der Waals surface area (Å²) < 4.78 is 0. The Balaban J connectivity index is 2.83. The molecule has 0 saturated heterocycles. The third kappa shape index (κ3) is 3.67. The number of rotatable bonds is 3. The van der Waals surface area contributed by atoms with E-state index in [1.807, 2.05) is 20.3 Å². The zero-order valence-corrected chi connectivity index (χ0v) is 5.02. The Kier molecular flexibility index (Phi) is 3.90. The van der Waals surface area contributed by atoms with E-state index in [1.54, 1.807) is 0 Å². The molecular weight excluding hydrogens is 88.1 g/mol. The topological polar surface area (TPSA) is 20.2 Å². The highest BCUT2D eigenvalue weighted by atomic mass is 16.3. The Morgan fingerprint density at radius 3 is 2.29 bits per heavy atom. The van der Waals surface area contributed by atoms with Gasteiger partial charge in [0.2, 0.25) is 0 Å². The second-order valence-corrected chi connectivity index (χ2v) is 1.62. The first kappa shape index (κ1) is 6.83. The lowest BCUT2D eigenvalue weighted by Gasteiger charge is -1.91. The minimum Gasteiger partial charge on any atom is -0.353 e. The number of hydrogen-bond acceptors (Lipinski definition) is 1. The molecule has 0 saturated carbocycles. The monoisotopic (exact) mass is 101 g/mol. The lowest BCUT2D eigenvalue weighted by Crippen LogP contribution is -2.02. The van der Waals surface area contributed by atoms with E-state index in [2.05, 4.69) is 0 Å². The molecule has 0 radical (unpaired) electrons. The normalized spacial score (nSPS) is 13.6. The maximum absolute atomic E-state index is 8.80. The van der Waals surface area contributed by atoms with Crippen molar-refractivity contribution in [3.63, 3.8) is 0 Å². The van der Waals surface area contributed by atoms with Gasteiger partial charge in [0.15, 0.2) is 6.10 Å². The summed E-state index contributed by atoms with van der Waals surface area (Å²) in [6.07, 6.45) is 3.54. The Hall–Kier alpha value is -0.170. The van der Waals surface area contributed by atoms with Crippen LogP contribution in [0, 0.1) is 6.42 Å². The lowest BCUT2D eigenvalue weighted by atomic mass is 10.2.